The van der Waals surface area contributed by atoms with Crippen molar-refractivity contribution in [2.24, 2.45) is 11.8 Å². The van der Waals surface area contributed by atoms with E-state index in [1.807, 2.05) is 19.1 Å². The number of hydrogen-bond acceptors (Lipinski definition) is 6. The highest BCUT2D eigenvalue weighted by atomic mass is 32.2. The van der Waals surface area contributed by atoms with Gasteiger partial charge in [0.25, 0.3) is 11.5 Å². The first kappa shape index (κ1) is 22.6. The Balaban J connectivity index is 1.64. The van der Waals surface area contributed by atoms with Crippen LogP contribution in [-0.4, -0.2) is 43.6 Å². The van der Waals surface area contributed by atoms with E-state index in [2.05, 4.69) is 18.7 Å². The predicted molar refractivity (Wildman–Crippen MR) is 139 cm³/mol. The number of anilines is 1. The molecule has 0 aromatic carbocycles. The van der Waals surface area contributed by atoms with Gasteiger partial charge in [-0.15, -0.1) is 0 Å². The summed E-state index contributed by atoms with van der Waals surface area (Å²) in [5.74, 6) is 1.63. The monoisotopic (exact) mass is 482 g/mol. The van der Waals surface area contributed by atoms with Crippen LogP contribution in [0.5, 0.6) is 0 Å². The molecular formula is C25H30N4O2S2. The van der Waals surface area contributed by atoms with Crippen LogP contribution >= 0.6 is 24.0 Å². The van der Waals surface area contributed by atoms with Crippen LogP contribution in [0.1, 0.15) is 57.1 Å². The van der Waals surface area contributed by atoms with Crippen LogP contribution in [0.2, 0.25) is 0 Å². The molecule has 0 radical (unpaired) electrons. The lowest BCUT2D eigenvalue weighted by Gasteiger charge is -2.36. The fraction of sp³-hybridized carbons (Fsp3) is 0.520. The maximum atomic E-state index is 13.7. The molecule has 2 atom stereocenters. The Hall–Kier alpha value is -2.19. The van der Waals surface area contributed by atoms with Crippen molar-refractivity contribution < 1.29 is 4.79 Å². The number of aromatic nitrogens is 2. The summed E-state index contributed by atoms with van der Waals surface area (Å²) in [6.07, 6.45) is 8.91. The van der Waals surface area contributed by atoms with Crippen molar-refractivity contribution in [2.75, 3.05) is 18.0 Å². The zero-order valence-electron chi connectivity index (χ0n) is 19.4. The summed E-state index contributed by atoms with van der Waals surface area (Å²) in [6, 6.07) is 4.02. The molecule has 2 aromatic heterocycles. The van der Waals surface area contributed by atoms with Gasteiger partial charge in [0, 0.05) is 25.3 Å². The number of amides is 1. The number of hydrogen-bond donors (Lipinski definition) is 0. The van der Waals surface area contributed by atoms with Crippen molar-refractivity contribution in [3.8, 4) is 0 Å². The van der Waals surface area contributed by atoms with Gasteiger partial charge in [0.05, 0.1) is 10.5 Å². The average molecular weight is 483 g/mol. The molecule has 0 N–H and O–H groups in total. The number of carbonyl (C=O) groups excluding carboxylic acids is 1. The fourth-order valence-corrected chi connectivity index (χ4v) is 6.97. The second-order valence-electron chi connectivity index (χ2n) is 9.88. The van der Waals surface area contributed by atoms with Gasteiger partial charge >= 0.3 is 0 Å². The standard InChI is InChI=1S/C25H30N4O2S2/c1-15-11-16(2)14-27(13-15)22-19(23(30)28-10-6-7-17(3)21(28)26-22)12-20-24(31)29(25(32)33-20)18-8-4-5-9-18/h6-7,10,12,15-16,18H,4-5,8-9,11,13-14H2,1-3H3/b20-12+/t15-,16-/m0/s1. The minimum atomic E-state index is -0.143. The Bertz CT molecular complexity index is 1200. The predicted octanol–water partition coefficient (Wildman–Crippen LogP) is 4.63. The zero-order chi connectivity index (χ0) is 23.3. The lowest BCUT2D eigenvalue weighted by atomic mass is 9.91. The molecule has 2 saturated heterocycles. The molecule has 2 aromatic rings. The maximum absolute atomic E-state index is 13.7. The number of piperidine rings is 1. The van der Waals surface area contributed by atoms with Crippen LogP contribution in [0.3, 0.4) is 0 Å². The molecule has 0 spiro atoms. The molecule has 1 saturated carbocycles. The van der Waals surface area contributed by atoms with E-state index in [1.165, 1.54) is 11.8 Å². The minimum absolute atomic E-state index is 0.0723. The van der Waals surface area contributed by atoms with Gasteiger partial charge in [-0.05, 0) is 55.7 Å². The summed E-state index contributed by atoms with van der Waals surface area (Å²) in [5.41, 5.74) is 1.95. The number of aryl methyl sites for hydroxylation is 1. The third kappa shape index (κ3) is 4.12. The van der Waals surface area contributed by atoms with Gasteiger partial charge in [-0.2, -0.15) is 0 Å². The Kier molecular flexibility index (Phi) is 6.07. The SMILES string of the molecule is Cc1cccn2c(=O)c(/C=C3/SC(=S)N(C4CCCC4)C3=O)c(N3C[C@@H](C)C[C@H](C)C3)nc12. The Morgan fingerprint density at radius 3 is 2.55 bits per heavy atom. The first-order valence-electron chi connectivity index (χ1n) is 11.9. The van der Waals surface area contributed by atoms with Crippen LogP contribution < -0.4 is 10.5 Å². The second-order valence-corrected chi connectivity index (χ2v) is 11.6. The van der Waals surface area contributed by atoms with E-state index < -0.39 is 0 Å². The Labute approximate surface area is 204 Å². The minimum Gasteiger partial charge on any atom is -0.355 e. The number of thiocarbonyl (C=S) groups is 1. The molecule has 1 aliphatic carbocycles. The first-order valence-corrected chi connectivity index (χ1v) is 13.1. The number of carbonyl (C=O) groups is 1. The van der Waals surface area contributed by atoms with Crippen molar-refractivity contribution in [3.05, 3.63) is 44.7 Å². The molecule has 1 amide bonds. The highest BCUT2D eigenvalue weighted by Crippen LogP contribution is 2.38. The fourth-order valence-electron chi connectivity index (χ4n) is 5.59. The van der Waals surface area contributed by atoms with Gasteiger partial charge in [-0.3, -0.25) is 18.9 Å². The molecule has 4 heterocycles. The molecule has 3 aliphatic rings. The van der Waals surface area contributed by atoms with Crippen LogP contribution in [0.25, 0.3) is 11.7 Å². The van der Waals surface area contributed by atoms with Crippen LogP contribution in [-0.2, 0) is 4.79 Å². The van der Waals surface area contributed by atoms with Gasteiger partial charge in [0.1, 0.15) is 15.8 Å². The van der Waals surface area contributed by atoms with Gasteiger partial charge in [0.15, 0.2) is 0 Å². The molecule has 174 valence electrons. The summed E-state index contributed by atoms with van der Waals surface area (Å²) >= 11 is 6.89. The normalized spacial score (nSPS) is 25.7. The molecule has 33 heavy (non-hydrogen) atoms. The van der Waals surface area contributed by atoms with Crippen molar-refractivity contribution in [1.82, 2.24) is 14.3 Å². The van der Waals surface area contributed by atoms with E-state index in [9.17, 15) is 9.59 Å². The van der Waals surface area contributed by atoms with E-state index in [4.69, 9.17) is 17.2 Å². The molecule has 8 heteroatoms. The number of fused-ring (bicyclic) bond motifs is 1. The first-order chi connectivity index (χ1) is 15.8. The lowest BCUT2D eigenvalue weighted by Crippen LogP contribution is -2.41. The van der Waals surface area contributed by atoms with E-state index in [0.717, 1.165) is 50.8 Å². The average Bonchev–Trinajstić information content (AvgIpc) is 3.37. The molecular weight excluding hydrogens is 452 g/mol. The quantitative estimate of drug-likeness (QED) is 0.470. The van der Waals surface area contributed by atoms with Gasteiger partial charge in [0.2, 0.25) is 0 Å². The highest BCUT2D eigenvalue weighted by molar-refractivity contribution is 8.26. The number of pyridine rings is 1. The molecule has 2 aliphatic heterocycles. The number of thioether (sulfide) groups is 1. The smallest absolute Gasteiger partial charge is 0.267 e. The molecule has 5 rings (SSSR count). The van der Waals surface area contributed by atoms with E-state index in [0.29, 0.717) is 38.1 Å². The van der Waals surface area contributed by atoms with E-state index in [-0.39, 0.29) is 17.5 Å². The van der Waals surface area contributed by atoms with Crippen molar-refractivity contribution in [2.45, 2.75) is 58.9 Å². The van der Waals surface area contributed by atoms with Crippen LogP contribution in [0.15, 0.2) is 28.0 Å². The van der Waals surface area contributed by atoms with E-state index in [1.54, 1.807) is 21.6 Å². The molecule has 0 bridgehead atoms. The second kappa shape index (κ2) is 8.87. The summed E-state index contributed by atoms with van der Waals surface area (Å²) in [4.78, 5) is 36.6. The third-order valence-corrected chi connectivity index (χ3v) is 8.35. The third-order valence-electron chi connectivity index (χ3n) is 7.02. The summed E-state index contributed by atoms with van der Waals surface area (Å²) < 4.78 is 2.20. The molecule has 3 fully saturated rings. The summed E-state index contributed by atoms with van der Waals surface area (Å²) in [7, 11) is 0. The van der Waals surface area contributed by atoms with Gasteiger partial charge < -0.3 is 4.90 Å². The Morgan fingerprint density at radius 1 is 1.15 bits per heavy atom. The molecule has 0 unspecified atom stereocenters. The topological polar surface area (TPSA) is 57.9 Å². The van der Waals surface area contributed by atoms with Crippen molar-refractivity contribution in [3.63, 3.8) is 0 Å². The summed E-state index contributed by atoms with van der Waals surface area (Å²) in [6.45, 7) is 8.16. The Morgan fingerprint density at radius 2 is 1.85 bits per heavy atom. The lowest BCUT2D eigenvalue weighted by molar-refractivity contribution is -0.123. The molecule has 6 nitrogen and oxygen atoms in total. The van der Waals surface area contributed by atoms with Crippen LogP contribution in [0, 0.1) is 18.8 Å². The summed E-state index contributed by atoms with van der Waals surface area (Å²) in [5, 5.41) is 0. The number of rotatable bonds is 3. The maximum Gasteiger partial charge on any atom is 0.267 e. The van der Waals surface area contributed by atoms with E-state index >= 15 is 0 Å². The van der Waals surface area contributed by atoms with Crippen molar-refractivity contribution in [1.29, 1.82) is 0 Å². The largest absolute Gasteiger partial charge is 0.355 e. The zero-order valence-corrected chi connectivity index (χ0v) is 21.0. The van der Waals surface area contributed by atoms with Crippen LogP contribution in [0.4, 0.5) is 5.82 Å². The van der Waals surface area contributed by atoms with Gasteiger partial charge in [-0.25, -0.2) is 4.98 Å². The highest BCUT2D eigenvalue weighted by Gasteiger charge is 2.38. The van der Waals surface area contributed by atoms with Gasteiger partial charge in [-0.1, -0.05) is 56.7 Å². The van der Waals surface area contributed by atoms with Crippen molar-refractivity contribution >= 4 is 51.7 Å². The number of nitrogens with zero attached hydrogens (tertiary/aromatic N) is 4.